The second kappa shape index (κ2) is 10.1. The van der Waals surface area contributed by atoms with Crippen molar-refractivity contribution in [2.45, 2.75) is 44.5 Å². The summed E-state index contributed by atoms with van der Waals surface area (Å²) in [6.45, 7) is 2.69. The molecule has 0 radical (unpaired) electrons. The molecule has 5 rings (SSSR count). The average Bonchev–Trinajstić information content (AvgIpc) is 3.43. The highest BCUT2D eigenvalue weighted by molar-refractivity contribution is 6.07. The second-order valence-corrected chi connectivity index (χ2v) is 9.38. The molecule has 0 aliphatic carbocycles. The Kier molecular flexibility index (Phi) is 6.70. The van der Waals surface area contributed by atoms with Crippen LogP contribution >= 0.6 is 0 Å². The molecule has 182 valence electrons. The summed E-state index contributed by atoms with van der Waals surface area (Å²) in [5.41, 5.74) is 1.29. The van der Waals surface area contributed by atoms with Gasteiger partial charge in [-0.15, -0.1) is 0 Å². The molecule has 3 aromatic rings. The van der Waals surface area contributed by atoms with Crippen LogP contribution in [0.15, 0.2) is 77.2 Å². The lowest BCUT2D eigenvalue weighted by Crippen LogP contribution is -2.56. The number of benzene rings is 2. The molecule has 2 aliphatic heterocycles. The minimum absolute atomic E-state index is 0.0837. The van der Waals surface area contributed by atoms with Crippen molar-refractivity contribution in [1.82, 2.24) is 14.7 Å². The van der Waals surface area contributed by atoms with Crippen LogP contribution in [0, 0.1) is 0 Å². The van der Waals surface area contributed by atoms with Gasteiger partial charge in [0, 0.05) is 19.6 Å². The maximum atomic E-state index is 13.8. The van der Waals surface area contributed by atoms with Crippen LogP contribution in [-0.4, -0.2) is 56.9 Å². The minimum atomic E-state index is -0.809. The van der Waals surface area contributed by atoms with E-state index in [1.807, 2.05) is 59.5 Å². The zero-order chi connectivity index (χ0) is 24.3. The van der Waals surface area contributed by atoms with E-state index >= 15 is 0 Å². The summed E-state index contributed by atoms with van der Waals surface area (Å²) in [6, 6.07) is 23.3. The lowest BCUT2D eigenvalue weighted by atomic mass is 9.85. The number of hydrogen-bond donors (Lipinski definition) is 1. The fourth-order valence-electron chi connectivity index (χ4n) is 5.26. The molecule has 2 aliphatic rings. The number of rotatable bonds is 8. The van der Waals surface area contributed by atoms with Gasteiger partial charge < -0.3 is 14.4 Å². The molecule has 1 N–H and O–H groups in total. The van der Waals surface area contributed by atoms with Crippen LogP contribution in [0.3, 0.4) is 0 Å². The monoisotopic (exact) mass is 473 g/mol. The van der Waals surface area contributed by atoms with Gasteiger partial charge in [0.15, 0.2) is 0 Å². The standard InChI is InChI=1S/C28H31N3O4/c32-21-25-12-11-24(35-25)20-29-17-14-28(15-18-29)26(33)30(19-23-9-5-2-6-10-23)27(34)31(28)16-13-22-7-3-1-4-8-22/h1-12,32H,13-21H2. The minimum Gasteiger partial charge on any atom is -0.462 e. The Hall–Kier alpha value is -3.42. The number of nitrogens with zero attached hydrogens (tertiary/aromatic N) is 3. The van der Waals surface area contributed by atoms with Gasteiger partial charge in [-0.05, 0) is 42.5 Å². The molecule has 0 atom stereocenters. The molecule has 0 saturated carbocycles. The number of carbonyl (C=O) groups excluding carboxylic acids is 2. The lowest BCUT2D eigenvalue weighted by Gasteiger charge is -2.42. The molecule has 3 heterocycles. The molecular formula is C28H31N3O4. The topological polar surface area (TPSA) is 77.2 Å². The molecule has 7 nitrogen and oxygen atoms in total. The Labute approximate surface area is 205 Å². The molecule has 2 fully saturated rings. The first-order valence-corrected chi connectivity index (χ1v) is 12.2. The average molecular weight is 474 g/mol. The van der Waals surface area contributed by atoms with E-state index in [9.17, 15) is 14.7 Å². The molecule has 35 heavy (non-hydrogen) atoms. The van der Waals surface area contributed by atoms with Gasteiger partial charge in [0.05, 0.1) is 13.1 Å². The summed E-state index contributed by atoms with van der Waals surface area (Å²) in [5, 5.41) is 9.26. The summed E-state index contributed by atoms with van der Waals surface area (Å²) in [5.74, 6) is 1.26. The van der Waals surface area contributed by atoms with Gasteiger partial charge in [0.1, 0.15) is 23.7 Å². The Morgan fingerprint density at radius 3 is 2.06 bits per heavy atom. The van der Waals surface area contributed by atoms with Crippen molar-refractivity contribution < 1.29 is 19.1 Å². The number of likely N-dealkylation sites (tertiary alicyclic amines) is 1. The van der Waals surface area contributed by atoms with Crippen molar-refractivity contribution in [2.75, 3.05) is 19.6 Å². The van der Waals surface area contributed by atoms with Crippen LogP contribution in [-0.2, 0) is 30.9 Å². The molecule has 0 bridgehead atoms. The van der Waals surface area contributed by atoms with Gasteiger partial charge in [-0.2, -0.15) is 0 Å². The number of amides is 3. The highest BCUT2D eigenvalue weighted by Crippen LogP contribution is 2.38. The molecule has 2 saturated heterocycles. The van der Waals surface area contributed by atoms with E-state index in [1.165, 1.54) is 4.90 Å². The fourth-order valence-corrected chi connectivity index (χ4v) is 5.26. The number of furan rings is 1. The van der Waals surface area contributed by atoms with Crippen LogP contribution in [0.4, 0.5) is 4.79 Å². The van der Waals surface area contributed by atoms with Crippen molar-refractivity contribution in [3.05, 3.63) is 95.4 Å². The van der Waals surface area contributed by atoms with Gasteiger partial charge in [-0.3, -0.25) is 14.6 Å². The highest BCUT2D eigenvalue weighted by Gasteiger charge is 2.57. The Morgan fingerprint density at radius 1 is 0.800 bits per heavy atom. The molecular weight excluding hydrogens is 442 g/mol. The molecule has 1 aromatic heterocycles. The molecule has 1 spiro atoms. The third kappa shape index (κ3) is 4.74. The van der Waals surface area contributed by atoms with Crippen molar-refractivity contribution in [1.29, 1.82) is 0 Å². The number of carbonyl (C=O) groups is 2. The predicted molar refractivity (Wildman–Crippen MR) is 131 cm³/mol. The number of hydrogen-bond acceptors (Lipinski definition) is 5. The largest absolute Gasteiger partial charge is 0.462 e. The SMILES string of the molecule is O=C1N(Cc2ccccc2)C(=O)C2(CCN(Cc3ccc(CO)o3)CC2)N1CCc1ccccc1. The van der Waals surface area contributed by atoms with Crippen molar-refractivity contribution in [2.24, 2.45) is 0 Å². The van der Waals surface area contributed by atoms with Crippen LogP contribution in [0.5, 0.6) is 0 Å². The highest BCUT2D eigenvalue weighted by atomic mass is 16.4. The summed E-state index contributed by atoms with van der Waals surface area (Å²) in [4.78, 5) is 32.9. The number of imide groups is 1. The number of aliphatic hydroxyl groups is 1. The normalized spacial score (nSPS) is 18.1. The summed E-state index contributed by atoms with van der Waals surface area (Å²) in [7, 11) is 0. The maximum Gasteiger partial charge on any atom is 0.328 e. The van der Waals surface area contributed by atoms with E-state index in [-0.39, 0.29) is 18.5 Å². The van der Waals surface area contributed by atoms with E-state index < -0.39 is 5.54 Å². The number of aliphatic hydroxyl groups excluding tert-OH is 1. The molecule has 3 amide bonds. The first kappa shape index (κ1) is 23.3. The van der Waals surface area contributed by atoms with Gasteiger partial charge in [-0.25, -0.2) is 4.79 Å². The van der Waals surface area contributed by atoms with Crippen molar-refractivity contribution in [3.8, 4) is 0 Å². The molecule has 7 heteroatoms. The van der Waals surface area contributed by atoms with Gasteiger partial charge in [0.2, 0.25) is 0 Å². The first-order valence-electron chi connectivity index (χ1n) is 12.2. The number of urea groups is 1. The van der Waals surface area contributed by atoms with E-state index in [0.717, 1.165) is 16.9 Å². The van der Waals surface area contributed by atoms with Crippen LogP contribution in [0.25, 0.3) is 0 Å². The van der Waals surface area contributed by atoms with Crippen LogP contribution < -0.4 is 0 Å². The molecule has 0 unspecified atom stereocenters. The fraction of sp³-hybridized carbons (Fsp3) is 0.357. The quantitative estimate of drug-likeness (QED) is 0.504. The van der Waals surface area contributed by atoms with E-state index in [1.54, 1.807) is 6.07 Å². The second-order valence-electron chi connectivity index (χ2n) is 9.38. The van der Waals surface area contributed by atoms with Crippen LogP contribution in [0.1, 0.15) is 35.5 Å². The van der Waals surface area contributed by atoms with Gasteiger partial charge in [0.25, 0.3) is 5.91 Å². The Bertz CT molecular complexity index is 1150. The van der Waals surface area contributed by atoms with E-state index in [2.05, 4.69) is 17.0 Å². The smallest absolute Gasteiger partial charge is 0.328 e. The zero-order valence-electron chi connectivity index (χ0n) is 19.8. The lowest BCUT2D eigenvalue weighted by molar-refractivity contribution is -0.136. The van der Waals surface area contributed by atoms with Gasteiger partial charge >= 0.3 is 6.03 Å². The Morgan fingerprint density at radius 2 is 1.43 bits per heavy atom. The number of piperidine rings is 1. The van der Waals surface area contributed by atoms with E-state index in [4.69, 9.17) is 4.42 Å². The maximum absolute atomic E-state index is 13.8. The zero-order valence-corrected chi connectivity index (χ0v) is 19.8. The van der Waals surface area contributed by atoms with Crippen molar-refractivity contribution in [3.63, 3.8) is 0 Å². The van der Waals surface area contributed by atoms with Crippen molar-refractivity contribution >= 4 is 11.9 Å². The summed E-state index contributed by atoms with van der Waals surface area (Å²) >= 11 is 0. The predicted octanol–water partition coefficient (Wildman–Crippen LogP) is 3.81. The summed E-state index contributed by atoms with van der Waals surface area (Å²) in [6.07, 6.45) is 1.89. The summed E-state index contributed by atoms with van der Waals surface area (Å²) < 4.78 is 5.65. The third-order valence-electron chi connectivity index (χ3n) is 7.21. The van der Waals surface area contributed by atoms with E-state index in [0.29, 0.717) is 57.7 Å². The Balaban J connectivity index is 1.34. The first-order chi connectivity index (χ1) is 17.1. The van der Waals surface area contributed by atoms with Crippen LogP contribution in [0.2, 0.25) is 0 Å². The third-order valence-corrected chi connectivity index (χ3v) is 7.21. The van der Waals surface area contributed by atoms with Gasteiger partial charge in [-0.1, -0.05) is 60.7 Å². The molecule has 2 aromatic carbocycles.